The SMILES string of the molecule is C1=CC[N-]C(C2CCCC[N-]2)=C1.[Cl][Sn]([Cl])([c]1cccs1)[c]1cccs1. The second-order valence-corrected chi connectivity index (χ2v) is 25.0. The second kappa shape index (κ2) is 9.81. The quantitative estimate of drug-likeness (QED) is 0.475. The van der Waals surface area contributed by atoms with Gasteiger partial charge in [0.1, 0.15) is 0 Å². The van der Waals surface area contributed by atoms with E-state index < -0.39 is 16.1 Å². The second-order valence-electron chi connectivity index (χ2n) is 5.81. The van der Waals surface area contributed by atoms with Crippen LogP contribution < -0.4 is 5.79 Å². The molecule has 0 aliphatic carbocycles. The van der Waals surface area contributed by atoms with E-state index in [-0.39, 0.29) is 0 Å². The van der Waals surface area contributed by atoms with Crippen LogP contribution in [0, 0.1) is 0 Å². The molecule has 4 heterocycles. The molecule has 134 valence electrons. The van der Waals surface area contributed by atoms with Gasteiger partial charge in [0.15, 0.2) is 0 Å². The first-order valence-electron chi connectivity index (χ1n) is 8.34. The first kappa shape index (κ1) is 19.8. The van der Waals surface area contributed by atoms with Crippen molar-refractivity contribution in [3.8, 4) is 0 Å². The fourth-order valence-corrected chi connectivity index (χ4v) is 17.3. The molecular formula is C18H20Cl2N2S2Sn-2. The topological polar surface area (TPSA) is 28.2 Å². The zero-order valence-corrected chi connectivity index (χ0v) is 19.8. The molecule has 2 aliphatic rings. The monoisotopic (exact) mass is 518 g/mol. The van der Waals surface area contributed by atoms with Gasteiger partial charge in [0.05, 0.1) is 0 Å². The Morgan fingerprint density at radius 3 is 2.24 bits per heavy atom. The number of piperidine rings is 1. The normalized spacial score (nSPS) is 20.2. The summed E-state index contributed by atoms with van der Waals surface area (Å²) in [5.74, 6) is 0. The number of rotatable bonds is 3. The molecule has 0 aromatic carbocycles. The van der Waals surface area contributed by atoms with Gasteiger partial charge in [-0.25, -0.2) is 0 Å². The van der Waals surface area contributed by atoms with Gasteiger partial charge in [-0.3, -0.25) is 0 Å². The van der Waals surface area contributed by atoms with Crippen molar-refractivity contribution in [2.24, 2.45) is 0 Å². The third kappa shape index (κ3) is 5.50. The first-order chi connectivity index (χ1) is 12.2. The summed E-state index contributed by atoms with van der Waals surface area (Å²) in [5, 5.41) is 13.0. The van der Waals surface area contributed by atoms with E-state index in [9.17, 15) is 0 Å². The molecule has 0 N–H and O–H groups in total. The van der Waals surface area contributed by atoms with Gasteiger partial charge >= 0.3 is 97.5 Å². The summed E-state index contributed by atoms with van der Waals surface area (Å²) in [7, 11) is 12.9. The van der Waals surface area contributed by atoms with Gasteiger partial charge < -0.3 is 10.6 Å². The standard InChI is InChI=1S/C10H14N2.2C4H3S.2ClH.Sn/c1-3-7-11-9(5-1)10-6-2-4-8-12-10;2*1-2-4-5-3-1;;;/h1,3,5,10H,2,4,6-8H2;2*1-3H;2*1H;/q-2;;;;;+2/p-2. The molecule has 0 radical (unpaired) electrons. The Hall–Kier alpha value is 0.0187. The molecule has 1 fully saturated rings. The number of halogens is 2. The van der Waals surface area contributed by atoms with Crippen molar-refractivity contribution in [3.63, 3.8) is 0 Å². The number of allylic oxidation sites excluding steroid dienone is 2. The van der Waals surface area contributed by atoms with Crippen molar-refractivity contribution < 1.29 is 0 Å². The molecule has 0 saturated carbocycles. The number of hydrogen-bond donors (Lipinski definition) is 0. The minimum absolute atomic E-state index is 0.406. The number of thiophene rings is 2. The Kier molecular flexibility index (Phi) is 7.76. The Balaban J connectivity index is 0.000000146. The summed E-state index contributed by atoms with van der Waals surface area (Å²) in [4.78, 5) is 0. The molecule has 0 bridgehead atoms. The number of nitrogens with zero attached hydrogens (tertiary/aromatic N) is 2. The van der Waals surface area contributed by atoms with Crippen molar-refractivity contribution in [2.45, 2.75) is 25.3 Å². The summed E-state index contributed by atoms with van der Waals surface area (Å²) in [6.07, 6.45) is 10.0. The van der Waals surface area contributed by atoms with Crippen molar-refractivity contribution >= 4 is 62.4 Å². The van der Waals surface area contributed by atoms with E-state index in [0.29, 0.717) is 6.04 Å². The van der Waals surface area contributed by atoms with Gasteiger partial charge in [-0.2, -0.15) is 5.70 Å². The van der Waals surface area contributed by atoms with Crippen LogP contribution in [0.5, 0.6) is 0 Å². The predicted molar refractivity (Wildman–Crippen MR) is 117 cm³/mol. The van der Waals surface area contributed by atoms with E-state index in [1.165, 1.54) is 30.7 Å². The third-order valence-corrected chi connectivity index (χ3v) is 24.5. The van der Waals surface area contributed by atoms with Gasteiger partial charge in [0.2, 0.25) is 0 Å². The van der Waals surface area contributed by atoms with E-state index in [0.717, 1.165) is 13.1 Å². The minimum atomic E-state index is -3.14. The van der Waals surface area contributed by atoms with Crippen molar-refractivity contribution in [1.29, 1.82) is 0 Å². The Morgan fingerprint density at radius 1 is 1.04 bits per heavy atom. The summed E-state index contributed by atoms with van der Waals surface area (Å²) >= 11 is 0.192. The molecule has 2 aromatic rings. The predicted octanol–water partition coefficient (Wildman–Crippen LogP) is 5.58. The Labute approximate surface area is 169 Å². The van der Waals surface area contributed by atoms with Gasteiger partial charge in [-0.05, 0) is 0 Å². The summed E-state index contributed by atoms with van der Waals surface area (Å²) < 4.78 is 2.36. The van der Waals surface area contributed by atoms with Crippen LogP contribution in [0.1, 0.15) is 19.3 Å². The van der Waals surface area contributed by atoms with Crippen LogP contribution in [0.3, 0.4) is 0 Å². The summed E-state index contributed by atoms with van der Waals surface area (Å²) in [5.41, 5.74) is 1.19. The van der Waals surface area contributed by atoms with Crippen LogP contribution >= 0.6 is 40.5 Å². The van der Waals surface area contributed by atoms with Crippen LogP contribution in [-0.2, 0) is 0 Å². The van der Waals surface area contributed by atoms with E-state index >= 15 is 0 Å². The zero-order chi connectivity index (χ0) is 17.5. The van der Waals surface area contributed by atoms with Gasteiger partial charge in [-0.1, -0.05) is 31.4 Å². The third-order valence-electron chi connectivity index (χ3n) is 4.02. The fourth-order valence-electron chi connectivity index (χ4n) is 2.72. The van der Waals surface area contributed by atoms with E-state index in [1.807, 2.05) is 35.0 Å². The van der Waals surface area contributed by atoms with Gasteiger partial charge in [-0.15, -0.1) is 25.2 Å². The summed E-state index contributed by atoms with van der Waals surface area (Å²) in [6, 6.07) is 8.50. The Bertz CT molecular complexity index is 654. The van der Waals surface area contributed by atoms with Crippen molar-refractivity contribution in [2.75, 3.05) is 13.1 Å². The molecule has 2 aliphatic heterocycles. The number of hydrogen-bond acceptors (Lipinski definition) is 2. The van der Waals surface area contributed by atoms with Crippen LogP contribution in [0.25, 0.3) is 10.6 Å². The van der Waals surface area contributed by atoms with E-state index in [4.69, 9.17) is 17.8 Å². The zero-order valence-electron chi connectivity index (χ0n) is 13.8. The molecule has 1 atom stereocenters. The fraction of sp³-hybridized carbons (Fsp3) is 0.333. The molecule has 2 aromatic heterocycles. The molecular weight excluding hydrogens is 498 g/mol. The van der Waals surface area contributed by atoms with Crippen LogP contribution in [0.15, 0.2) is 59.0 Å². The molecule has 1 unspecified atom stereocenters. The van der Waals surface area contributed by atoms with Crippen molar-refractivity contribution in [1.82, 2.24) is 0 Å². The molecule has 2 nitrogen and oxygen atoms in total. The molecule has 0 spiro atoms. The van der Waals surface area contributed by atoms with Gasteiger partial charge in [0, 0.05) is 0 Å². The van der Waals surface area contributed by atoms with Crippen LogP contribution in [-0.4, -0.2) is 35.3 Å². The maximum absolute atomic E-state index is 6.47. The average Bonchev–Trinajstić information content (AvgIpc) is 3.38. The molecule has 1 saturated heterocycles. The maximum atomic E-state index is 6.47. The Morgan fingerprint density at radius 2 is 1.76 bits per heavy atom. The van der Waals surface area contributed by atoms with Gasteiger partial charge in [0.25, 0.3) is 0 Å². The molecule has 0 amide bonds. The molecule has 7 heteroatoms. The molecule has 25 heavy (non-hydrogen) atoms. The van der Waals surface area contributed by atoms with Crippen LogP contribution in [0.2, 0.25) is 0 Å². The van der Waals surface area contributed by atoms with Crippen molar-refractivity contribution in [3.05, 3.63) is 69.6 Å². The molecule has 4 rings (SSSR count). The van der Waals surface area contributed by atoms with E-state index in [1.54, 1.807) is 22.7 Å². The summed E-state index contributed by atoms with van der Waals surface area (Å²) in [6.45, 7) is 1.87. The van der Waals surface area contributed by atoms with Crippen LogP contribution in [0.4, 0.5) is 0 Å². The first-order valence-corrected chi connectivity index (χ1v) is 20.2. The van der Waals surface area contributed by atoms with E-state index in [2.05, 4.69) is 28.9 Å². The average molecular weight is 518 g/mol.